The molecular formula is C15H18ClNO3S. The third-order valence-corrected chi connectivity index (χ3v) is 6.51. The zero-order valence-corrected chi connectivity index (χ0v) is 13.6. The highest BCUT2D eigenvalue weighted by Gasteiger charge is 2.71. The standard InChI is InChI=1S/C15H18ClNO3S/c1-3-20-10-15(9-17)13(14(15)21(18,19)4-2)11-6-5-7-12(16)8-11/h5-8,13-14H,3-4,10H2,1-2H3/t13-,14-,15-/m1/s1. The maximum Gasteiger partial charge on any atom is 0.155 e. The molecule has 1 aromatic carbocycles. The highest BCUT2D eigenvalue weighted by Crippen LogP contribution is 2.63. The van der Waals surface area contributed by atoms with Crippen molar-refractivity contribution in [1.29, 1.82) is 5.26 Å². The van der Waals surface area contributed by atoms with E-state index in [1.807, 2.05) is 13.0 Å². The van der Waals surface area contributed by atoms with Crippen molar-refractivity contribution in [2.24, 2.45) is 5.41 Å². The molecule has 0 unspecified atom stereocenters. The lowest BCUT2D eigenvalue weighted by Crippen LogP contribution is -2.20. The van der Waals surface area contributed by atoms with Crippen LogP contribution in [0.2, 0.25) is 5.02 Å². The summed E-state index contributed by atoms with van der Waals surface area (Å²) in [6.45, 7) is 4.00. The van der Waals surface area contributed by atoms with Gasteiger partial charge in [0.15, 0.2) is 9.84 Å². The van der Waals surface area contributed by atoms with Gasteiger partial charge in [0.1, 0.15) is 5.41 Å². The highest BCUT2D eigenvalue weighted by atomic mass is 35.5. The van der Waals surface area contributed by atoms with Crippen LogP contribution in [0.4, 0.5) is 0 Å². The van der Waals surface area contributed by atoms with E-state index in [-0.39, 0.29) is 18.3 Å². The van der Waals surface area contributed by atoms with Gasteiger partial charge < -0.3 is 4.74 Å². The monoisotopic (exact) mass is 327 g/mol. The van der Waals surface area contributed by atoms with E-state index in [2.05, 4.69) is 6.07 Å². The quantitative estimate of drug-likeness (QED) is 0.805. The zero-order chi connectivity index (χ0) is 15.7. The molecule has 3 atom stereocenters. The van der Waals surface area contributed by atoms with Crippen LogP contribution in [0.15, 0.2) is 24.3 Å². The molecule has 6 heteroatoms. The van der Waals surface area contributed by atoms with Crippen molar-refractivity contribution in [3.63, 3.8) is 0 Å². The molecule has 0 radical (unpaired) electrons. The number of rotatable bonds is 6. The highest BCUT2D eigenvalue weighted by molar-refractivity contribution is 7.92. The molecule has 0 N–H and O–H groups in total. The van der Waals surface area contributed by atoms with Gasteiger partial charge in [-0.05, 0) is 24.6 Å². The smallest absolute Gasteiger partial charge is 0.155 e. The van der Waals surface area contributed by atoms with Crippen molar-refractivity contribution in [3.8, 4) is 6.07 Å². The first-order chi connectivity index (χ1) is 9.93. The van der Waals surface area contributed by atoms with E-state index in [0.717, 1.165) is 5.56 Å². The molecule has 2 rings (SSSR count). The fourth-order valence-corrected chi connectivity index (χ4v) is 5.09. The Morgan fingerprint density at radius 3 is 2.67 bits per heavy atom. The summed E-state index contributed by atoms with van der Waals surface area (Å²) in [4.78, 5) is 0. The Bertz CT molecular complexity index is 668. The summed E-state index contributed by atoms with van der Waals surface area (Å²) in [6.07, 6.45) is 0. The van der Waals surface area contributed by atoms with Gasteiger partial charge in [-0.15, -0.1) is 0 Å². The van der Waals surface area contributed by atoms with Crippen LogP contribution in [0.5, 0.6) is 0 Å². The molecule has 0 aromatic heterocycles. The van der Waals surface area contributed by atoms with Crippen molar-refractivity contribution < 1.29 is 13.2 Å². The van der Waals surface area contributed by atoms with E-state index >= 15 is 0 Å². The van der Waals surface area contributed by atoms with Crippen LogP contribution in [-0.2, 0) is 14.6 Å². The van der Waals surface area contributed by atoms with Crippen LogP contribution in [0.1, 0.15) is 25.3 Å². The van der Waals surface area contributed by atoms with Crippen molar-refractivity contribution in [2.75, 3.05) is 19.0 Å². The molecule has 0 saturated heterocycles. The van der Waals surface area contributed by atoms with Crippen LogP contribution < -0.4 is 0 Å². The molecule has 1 fully saturated rings. The Labute approximate surface area is 130 Å². The summed E-state index contributed by atoms with van der Waals surface area (Å²) in [5.74, 6) is -0.359. The molecule has 0 heterocycles. The molecule has 1 aliphatic carbocycles. The van der Waals surface area contributed by atoms with Gasteiger partial charge in [0, 0.05) is 23.3 Å². The zero-order valence-electron chi connectivity index (χ0n) is 12.0. The minimum absolute atomic E-state index is 0.0181. The van der Waals surface area contributed by atoms with Crippen LogP contribution in [-0.4, -0.2) is 32.6 Å². The molecule has 1 aliphatic rings. The number of hydrogen-bond donors (Lipinski definition) is 0. The second-order valence-electron chi connectivity index (χ2n) is 5.19. The Hall–Kier alpha value is -1.09. The van der Waals surface area contributed by atoms with Gasteiger partial charge in [0.25, 0.3) is 0 Å². The van der Waals surface area contributed by atoms with E-state index in [0.29, 0.717) is 11.6 Å². The van der Waals surface area contributed by atoms with E-state index in [4.69, 9.17) is 16.3 Å². The first-order valence-electron chi connectivity index (χ1n) is 6.89. The van der Waals surface area contributed by atoms with Gasteiger partial charge in [-0.25, -0.2) is 8.42 Å². The summed E-state index contributed by atoms with van der Waals surface area (Å²) >= 11 is 5.99. The normalized spacial score (nSPS) is 28.1. The Morgan fingerprint density at radius 2 is 2.14 bits per heavy atom. The molecule has 0 bridgehead atoms. The molecule has 0 spiro atoms. The van der Waals surface area contributed by atoms with Crippen LogP contribution in [0.3, 0.4) is 0 Å². The average Bonchev–Trinajstić information content (AvgIpc) is 3.15. The second kappa shape index (κ2) is 5.96. The molecule has 4 nitrogen and oxygen atoms in total. The Balaban J connectivity index is 2.44. The van der Waals surface area contributed by atoms with E-state index in [1.165, 1.54) is 0 Å². The Morgan fingerprint density at radius 1 is 1.43 bits per heavy atom. The molecule has 114 valence electrons. The topological polar surface area (TPSA) is 67.2 Å². The third kappa shape index (κ3) is 2.80. The SMILES string of the molecule is CCOC[C@]1(C#N)[C@H](c2cccc(Cl)c2)[C@H]1S(=O)(=O)CC. The molecule has 0 aliphatic heterocycles. The van der Waals surface area contributed by atoms with Crippen LogP contribution in [0.25, 0.3) is 0 Å². The number of nitrogens with zero attached hydrogens (tertiary/aromatic N) is 1. The van der Waals surface area contributed by atoms with Gasteiger partial charge in [0.05, 0.1) is 17.9 Å². The summed E-state index contributed by atoms with van der Waals surface area (Å²) in [5.41, 5.74) is -0.221. The summed E-state index contributed by atoms with van der Waals surface area (Å²) < 4.78 is 30.0. The number of hydrogen-bond acceptors (Lipinski definition) is 4. The average molecular weight is 328 g/mol. The fourth-order valence-electron chi connectivity index (χ4n) is 2.89. The van der Waals surface area contributed by atoms with Crippen LogP contribution >= 0.6 is 11.6 Å². The maximum absolute atomic E-state index is 12.3. The van der Waals surface area contributed by atoms with Gasteiger partial charge in [-0.2, -0.15) is 5.26 Å². The van der Waals surface area contributed by atoms with Gasteiger partial charge in [0.2, 0.25) is 0 Å². The second-order valence-corrected chi connectivity index (χ2v) is 8.04. The minimum Gasteiger partial charge on any atom is -0.380 e. The predicted octanol–water partition coefficient (Wildman–Crippen LogP) is 2.79. The predicted molar refractivity (Wildman–Crippen MR) is 82.0 cm³/mol. The summed E-state index contributed by atoms with van der Waals surface area (Å²) in [7, 11) is -3.33. The van der Waals surface area contributed by atoms with Crippen molar-refractivity contribution in [1.82, 2.24) is 0 Å². The lowest BCUT2D eigenvalue weighted by atomic mass is 10.0. The number of sulfone groups is 1. The summed E-state index contributed by atoms with van der Waals surface area (Å²) in [5, 5.41) is 9.41. The first kappa shape index (κ1) is 16.3. The maximum atomic E-state index is 12.3. The molecule has 1 saturated carbocycles. The molecule has 0 amide bonds. The molecular weight excluding hydrogens is 310 g/mol. The van der Waals surface area contributed by atoms with Gasteiger partial charge in [-0.1, -0.05) is 30.7 Å². The van der Waals surface area contributed by atoms with Gasteiger partial charge >= 0.3 is 0 Å². The first-order valence-corrected chi connectivity index (χ1v) is 8.98. The number of nitriles is 1. The number of benzene rings is 1. The third-order valence-electron chi connectivity index (χ3n) is 4.01. The van der Waals surface area contributed by atoms with Crippen LogP contribution in [0, 0.1) is 16.7 Å². The molecule has 21 heavy (non-hydrogen) atoms. The van der Waals surface area contributed by atoms with E-state index in [9.17, 15) is 13.7 Å². The lowest BCUT2D eigenvalue weighted by molar-refractivity contribution is 0.117. The Kier molecular flexibility index (Phi) is 4.62. The minimum atomic E-state index is -3.33. The number of ether oxygens (including phenoxy) is 1. The van der Waals surface area contributed by atoms with Crippen molar-refractivity contribution in [2.45, 2.75) is 25.0 Å². The van der Waals surface area contributed by atoms with Crippen molar-refractivity contribution >= 4 is 21.4 Å². The largest absolute Gasteiger partial charge is 0.380 e. The lowest BCUT2D eigenvalue weighted by Gasteiger charge is -2.09. The van der Waals surface area contributed by atoms with E-state index < -0.39 is 20.5 Å². The molecule has 1 aromatic rings. The van der Waals surface area contributed by atoms with Gasteiger partial charge in [-0.3, -0.25) is 0 Å². The van der Waals surface area contributed by atoms with Crippen molar-refractivity contribution in [3.05, 3.63) is 34.9 Å². The fraction of sp³-hybridized carbons (Fsp3) is 0.533. The summed E-state index contributed by atoms with van der Waals surface area (Å²) in [6, 6.07) is 9.25. The number of halogens is 1. The van der Waals surface area contributed by atoms with E-state index in [1.54, 1.807) is 25.1 Å².